The number of benzene rings is 5. The van der Waals surface area contributed by atoms with Crippen LogP contribution in [0.2, 0.25) is 0 Å². The second kappa shape index (κ2) is 10.5. The van der Waals surface area contributed by atoms with Crippen LogP contribution in [0.3, 0.4) is 0 Å². The molecule has 0 aliphatic carbocycles. The van der Waals surface area contributed by atoms with Crippen LogP contribution >= 0.6 is 0 Å². The van der Waals surface area contributed by atoms with Gasteiger partial charge in [-0.2, -0.15) is 0 Å². The number of hydrogen-bond donors (Lipinski definition) is 0. The predicted molar refractivity (Wildman–Crippen MR) is 172 cm³/mol. The molecular formula is C38H24N4O. The van der Waals surface area contributed by atoms with Crippen LogP contribution in [0.4, 0.5) is 0 Å². The average Bonchev–Trinajstić information content (AvgIpc) is 3.48. The molecule has 0 atom stereocenters. The van der Waals surface area contributed by atoms with Crippen LogP contribution in [0.5, 0.6) is 0 Å². The van der Waals surface area contributed by atoms with E-state index in [1.807, 2.05) is 97.2 Å². The summed E-state index contributed by atoms with van der Waals surface area (Å²) in [6, 6.07) is 46.9. The van der Waals surface area contributed by atoms with E-state index in [-0.39, 0.29) is 0 Å². The number of aromatic nitrogens is 4. The van der Waals surface area contributed by atoms with Gasteiger partial charge in [-0.3, -0.25) is 4.98 Å². The standard InChI is InChI=1S/C38H24N4O/c1-3-10-25(11-4-1)26-18-20-28(21-19-26)37-40-36(27-12-5-2-6-13-27)41-38(42-37)29-22-23-33(39-24-29)32-16-9-15-31-30-14-7-8-17-34(30)43-35(31)32/h1-24H. The molecule has 0 N–H and O–H groups in total. The molecule has 0 aliphatic rings. The third-order valence-corrected chi connectivity index (χ3v) is 7.62. The van der Waals surface area contributed by atoms with Gasteiger partial charge in [0.05, 0.1) is 5.69 Å². The number of furan rings is 1. The third-order valence-electron chi connectivity index (χ3n) is 7.62. The minimum atomic E-state index is 0.567. The smallest absolute Gasteiger partial charge is 0.165 e. The van der Waals surface area contributed by atoms with E-state index in [1.165, 1.54) is 5.56 Å². The van der Waals surface area contributed by atoms with Gasteiger partial charge in [0.1, 0.15) is 11.2 Å². The van der Waals surface area contributed by atoms with Crippen molar-refractivity contribution in [1.82, 2.24) is 19.9 Å². The molecule has 0 saturated heterocycles. The summed E-state index contributed by atoms with van der Waals surface area (Å²) in [6.45, 7) is 0. The summed E-state index contributed by atoms with van der Waals surface area (Å²) in [7, 11) is 0. The largest absolute Gasteiger partial charge is 0.455 e. The van der Waals surface area contributed by atoms with E-state index >= 15 is 0 Å². The van der Waals surface area contributed by atoms with Gasteiger partial charge < -0.3 is 4.42 Å². The van der Waals surface area contributed by atoms with Crippen LogP contribution in [0.25, 0.3) is 78.5 Å². The van der Waals surface area contributed by atoms with E-state index < -0.39 is 0 Å². The van der Waals surface area contributed by atoms with Gasteiger partial charge in [0.2, 0.25) is 0 Å². The summed E-state index contributed by atoms with van der Waals surface area (Å²) in [5.41, 5.74) is 8.42. The van der Waals surface area contributed by atoms with Crippen molar-refractivity contribution in [3.05, 3.63) is 146 Å². The highest BCUT2D eigenvalue weighted by atomic mass is 16.3. The normalized spacial score (nSPS) is 11.3. The number of para-hydroxylation sites is 2. The van der Waals surface area contributed by atoms with Crippen LogP contribution in [-0.4, -0.2) is 19.9 Å². The van der Waals surface area contributed by atoms with Crippen molar-refractivity contribution in [3.8, 4) is 56.5 Å². The fourth-order valence-corrected chi connectivity index (χ4v) is 5.43. The van der Waals surface area contributed by atoms with Gasteiger partial charge in [-0.05, 0) is 35.4 Å². The SMILES string of the molecule is c1ccc(-c2ccc(-c3nc(-c4ccccc4)nc(-c4ccc(-c5cccc6c5oc5ccccc56)nc4)n3)cc2)cc1. The molecule has 0 amide bonds. The topological polar surface area (TPSA) is 64.7 Å². The van der Waals surface area contributed by atoms with Gasteiger partial charge >= 0.3 is 0 Å². The first-order valence-electron chi connectivity index (χ1n) is 14.1. The van der Waals surface area contributed by atoms with E-state index in [1.54, 1.807) is 0 Å². The van der Waals surface area contributed by atoms with Gasteiger partial charge in [-0.1, -0.05) is 115 Å². The van der Waals surface area contributed by atoms with Crippen molar-refractivity contribution in [2.45, 2.75) is 0 Å². The molecule has 0 bridgehead atoms. The highest BCUT2D eigenvalue weighted by molar-refractivity contribution is 6.09. The Morgan fingerprint density at radius 2 is 0.930 bits per heavy atom. The minimum Gasteiger partial charge on any atom is -0.455 e. The van der Waals surface area contributed by atoms with Crippen molar-refractivity contribution >= 4 is 21.9 Å². The highest BCUT2D eigenvalue weighted by Crippen LogP contribution is 2.35. The van der Waals surface area contributed by atoms with Crippen LogP contribution in [-0.2, 0) is 0 Å². The Balaban J connectivity index is 1.20. The van der Waals surface area contributed by atoms with Crippen LogP contribution in [0.15, 0.2) is 150 Å². The van der Waals surface area contributed by atoms with Crippen molar-refractivity contribution < 1.29 is 4.42 Å². The molecule has 43 heavy (non-hydrogen) atoms. The first-order valence-corrected chi connectivity index (χ1v) is 14.1. The van der Waals surface area contributed by atoms with Crippen molar-refractivity contribution in [2.75, 3.05) is 0 Å². The zero-order chi connectivity index (χ0) is 28.6. The Hall–Kier alpha value is -5.94. The first kappa shape index (κ1) is 24.8. The van der Waals surface area contributed by atoms with Gasteiger partial charge in [0, 0.05) is 39.2 Å². The molecule has 5 heteroatoms. The van der Waals surface area contributed by atoms with Crippen LogP contribution in [0, 0.1) is 0 Å². The molecule has 5 aromatic carbocycles. The monoisotopic (exact) mass is 552 g/mol. The van der Waals surface area contributed by atoms with E-state index in [0.717, 1.165) is 55.4 Å². The van der Waals surface area contributed by atoms with Gasteiger partial charge in [0.15, 0.2) is 17.5 Å². The maximum absolute atomic E-state index is 6.25. The summed E-state index contributed by atoms with van der Waals surface area (Å²) < 4.78 is 6.25. The van der Waals surface area contributed by atoms with E-state index in [4.69, 9.17) is 24.4 Å². The van der Waals surface area contributed by atoms with Crippen LogP contribution in [0.1, 0.15) is 0 Å². The second-order valence-electron chi connectivity index (χ2n) is 10.3. The lowest BCUT2D eigenvalue weighted by molar-refractivity contribution is 0.670. The van der Waals surface area contributed by atoms with Crippen molar-refractivity contribution in [1.29, 1.82) is 0 Å². The number of pyridine rings is 1. The Kier molecular flexibility index (Phi) is 6.05. The quantitative estimate of drug-likeness (QED) is 0.213. The molecule has 0 radical (unpaired) electrons. The molecular weight excluding hydrogens is 528 g/mol. The second-order valence-corrected chi connectivity index (χ2v) is 10.3. The molecule has 3 heterocycles. The average molecular weight is 553 g/mol. The molecule has 202 valence electrons. The van der Waals surface area contributed by atoms with Crippen molar-refractivity contribution in [2.24, 2.45) is 0 Å². The Labute approximate surface area is 248 Å². The number of nitrogens with zero attached hydrogens (tertiary/aromatic N) is 4. The molecule has 8 rings (SSSR count). The van der Waals surface area contributed by atoms with Crippen LogP contribution < -0.4 is 0 Å². The summed E-state index contributed by atoms with van der Waals surface area (Å²) in [6.07, 6.45) is 1.82. The summed E-state index contributed by atoms with van der Waals surface area (Å²) in [4.78, 5) is 19.5. The first-order chi connectivity index (χ1) is 21.3. The molecule has 8 aromatic rings. The lowest BCUT2D eigenvalue weighted by atomic mass is 10.0. The Morgan fingerprint density at radius 3 is 1.63 bits per heavy atom. The fraction of sp³-hybridized carbons (Fsp3) is 0. The summed E-state index contributed by atoms with van der Waals surface area (Å²) >= 11 is 0. The van der Waals surface area contributed by atoms with Crippen molar-refractivity contribution in [3.63, 3.8) is 0 Å². The third kappa shape index (κ3) is 4.63. The van der Waals surface area contributed by atoms with Gasteiger partial charge in [-0.25, -0.2) is 15.0 Å². The Morgan fingerprint density at radius 1 is 0.395 bits per heavy atom. The maximum Gasteiger partial charge on any atom is 0.165 e. The number of rotatable bonds is 5. The molecule has 0 aliphatic heterocycles. The van der Waals surface area contributed by atoms with Gasteiger partial charge in [-0.15, -0.1) is 0 Å². The highest BCUT2D eigenvalue weighted by Gasteiger charge is 2.15. The van der Waals surface area contributed by atoms with Gasteiger partial charge in [0.25, 0.3) is 0 Å². The van der Waals surface area contributed by atoms with E-state index in [2.05, 4.69) is 48.5 Å². The molecule has 0 spiro atoms. The maximum atomic E-state index is 6.25. The minimum absolute atomic E-state index is 0.567. The molecule has 3 aromatic heterocycles. The lowest BCUT2D eigenvalue weighted by Gasteiger charge is -2.09. The van der Waals surface area contributed by atoms with E-state index in [0.29, 0.717) is 17.5 Å². The molecule has 0 unspecified atom stereocenters. The molecule has 5 nitrogen and oxygen atoms in total. The predicted octanol–water partition coefficient (Wildman–Crippen LogP) is 9.50. The number of hydrogen-bond acceptors (Lipinski definition) is 5. The zero-order valence-corrected chi connectivity index (χ0v) is 23.1. The lowest BCUT2D eigenvalue weighted by Crippen LogP contribution is -2.00. The molecule has 0 saturated carbocycles. The molecule has 0 fully saturated rings. The fourth-order valence-electron chi connectivity index (χ4n) is 5.43. The number of fused-ring (bicyclic) bond motifs is 3. The summed E-state index contributed by atoms with van der Waals surface area (Å²) in [5.74, 6) is 1.79. The summed E-state index contributed by atoms with van der Waals surface area (Å²) in [5, 5.41) is 2.17. The zero-order valence-electron chi connectivity index (χ0n) is 23.1. The van der Waals surface area contributed by atoms with E-state index in [9.17, 15) is 0 Å². The Bertz CT molecular complexity index is 2210.